The molecule has 39 heavy (non-hydrogen) atoms. The number of nitrogens with zero attached hydrogens (tertiary/aromatic N) is 3. The van der Waals surface area contributed by atoms with E-state index in [1.54, 1.807) is 6.07 Å². The van der Waals surface area contributed by atoms with Crippen molar-refractivity contribution in [2.75, 3.05) is 0 Å². The van der Waals surface area contributed by atoms with Crippen molar-refractivity contribution in [2.24, 2.45) is 0 Å². The van der Waals surface area contributed by atoms with Crippen LogP contribution >= 0.6 is 11.6 Å². The Morgan fingerprint density at radius 1 is 0.564 bits per heavy atom. The van der Waals surface area contributed by atoms with Crippen LogP contribution in [0.1, 0.15) is 6.85 Å². The average molecular weight is 529 g/mol. The van der Waals surface area contributed by atoms with Crippen LogP contribution in [0.4, 0.5) is 0 Å². The normalized spacial score (nSPS) is 13.5. The second kappa shape index (κ2) is 8.51. The highest BCUT2D eigenvalue weighted by molar-refractivity contribution is 6.31. The molecule has 0 bridgehead atoms. The number of aromatic nitrogens is 3. The van der Waals surface area contributed by atoms with Crippen molar-refractivity contribution in [3.8, 4) is 34.2 Å². The second-order valence-corrected chi connectivity index (χ2v) is 9.47. The Morgan fingerprint density at radius 2 is 1.31 bits per heavy atom. The topological polar surface area (TPSA) is 65.0 Å². The zero-order chi connectivity index (χ0) is 30.3. The van der Waals surface area contributed by atoms with E-state index >= 15 is 0 Å². The minimum Gasteiger partial charge on any atom is -0.456 e. The van der Waals surface area contributed by atoms with E-state index in [1.165, 1.54) is 0 Å². The van der Waals surface area contributed by atoms with Crippen LogP contribution in [-0.4, -0.2) is 15.0 Å². The maximum Gasteiger partial charge on any atom is 0.164 e. The molecule has 0 aliphatic carbocycles. The standard InChI is InChI=1S/C33H18ClN3O2/c34-21-14-16-27-25(18-21)22-15-13-20(17-29(22)39-27)32-35-31(19-7-2-1-3-8-19)36-33(37-32)24-10-6-12-28-30(24)23-9-4-5-11-26(23)38-28/h1-18H/i1D,2D,3D,7D,8D. The van der Waals surface area contributed by atoms with E-state index in [-0.39, 0.29) is 23.0 Å². The SMILES string of the molecule is [2H]c1c([2H])c([2H])c(-c2nc(-c3ccc4c(c3)oc3ccc(Cl)cc34)nc(-c3cccc4oc5ccccc5c34)n2)c([2H])c1[2H]. The molecule has 0 N–H and O–H groups in total. The van der Waals surface area contributed by atoms with Gasteiger partial charge in [0.05, 0.1) is 6.85 Å². The summed E-state index contributed by atoms with van der Waals surface area (Å²) >= 11 is 6.24. The highest BCUT2D eigenvalue weighted by Crippen LogP contribution is 2.37. The maximum atomic E-state index is 8.61. The number of hydrogen-bond donors (Lipinski definition) is 0. The summed E-state index contributed by atoms with van der Waals surface area (Å²) in [5.74, 6) is 0.441. The van der Waals surface area contributed by atoms with Crippen LogP contribution in [0.3, 0.4) is 0 Å². The molecule has 0 atom stereocenters. The average Bonchev–Trinajstić information content (AvgIpc) is 3.60. The highest BCUT2D eigenvalue weighted by atomic mass is 35.5. The summed E-state index contributed by atoms with van der Waals surface area (Å²) in [4.78, 5) is 14.2. The molecule has 0 fully saturated rings. The molecule has 0 amide bonds. The summed E-state index contributed by atoms with van der Waals surface area (Å²) in [5.41, 5.74) is 3.71. The molecule has 0 spiro atoms. The van der Waals surface area contributed by atoms with Gasteiger partial charge in [0.1, 0.15) is 22.3 Å². The number of benzene rings is 5. The van der Waals surface area contributed by atoms with Gasteiger partial charge in [-0.25, -0.2) is 15.0 Å². The summed E-state index contributed by atoms with van der Waals surface area (Å²) in [5, 5.41) is 3.98. The Bertz CT molecular complexity index is 2460. The van der Waals surface area contributed by atoms with Gasteiger partial charge < -0.3 is 8.83 Å². The summed E-state index contributed by atoms with van der Waals surface area (Å²) < 4.78 is 54.0. The Hall–Kier alpha value is -5.00. The summed E-state index contributed by atoms with van der Waals surface area (Å²) in [6, 6.07) is 21.9. The molecule has 0 aliphatic heterocycles. The maximum absolute atomic E-state index is 8.61. The molecule has 8 rings (SSSR count). The number of hydrogen-bond acceptors (Lipinski definition) is 5. The first-order valence-corrected chi connectivity index (χ1v) is 12.5. The van der Waals surface area contributed by atoms with Gasteiger partial charge >= 0.3 is 0 Å². The van der Waals surface area contributed by atoms with Crippen LogP contribution in [-0.2, 0) is 0 Å². The Morgan fingerprint density at radius 3 is 2.21 bits per heavy atom. The van der Waals surface area contributed by atoms with Crippen molar-refractivity contribution < 1.29 is 15.7 Å². The third-order valence-corrected chi connectivity index (χ3v) is 6.93. The largest absolute Gasteiger partial charge is 0.456 e. The van der Waals surface area contributed by atoms with E-state index in [0.29, 0.717) is 38.5 Å². The van der Waals surface area contributed by atoms with Gasteiger partial charge in [-0.3, -0.25) is 0 Å². The molecular weight excluding hydrogens is 506 g/mol. The molecule has 184 valence electrons. The molecule has 0 saturated heterocycles. The van der Waals surface area contributed by atoms with Crippen LogP contribution in [0, 0.1) is 0 Å². The molecule has 8 aromatic rings. The third kappa shape index (κ3) is 3.59. The fourth-order valence-electron chi connectivity index (χ4n) is 4.95. The van der Waals surface area contributed by atoms with Crippen molar-refractivity contribution in [3.63, 3.8) is 0 Å². The molecular formula is C33H18ClN3O2. The van der Waals surface area contributed by atoms with Gasteiger partial charge in [0.15, 0.2) is 17.5 Å². The molecule has 0 unspecified atom stereocenters. The van der Waals surface area contributed by atoms with E-state index < -0.39 is 30.2 Å². The Labute approximate surface area is 234 Å². The second-order valence-electron chi connectivity index (χ2n) is 9.04. The minimum atomic E-state index is -0.497. The van der Waals surface area contributed by atoms with Gasteiger partial charge in [-0.2, -0.15) is 0 Å². The van der Waals surface area contributed by atoms with Crippen molar-refractivity contribution in [3.05, 3.63) is 114 Å². The van der Waals surface area contributed by atoms with Crippen molar-refractivity contribution in [1.82, 2.24) is 15.0 Å². The predicted molar refractivity (Wildman–Crippen MR) is 156 cm³/mol. The van der Waals surface area contributed by atoms with Crippen LogP contribution in [0.25, 0.3) is 78.0 Å². The molecule has 3 heterocycles. The molecule has 6 heteroatoms. The van der Waals surface area contributed by atoms with Gasteiger partial charge in [-0.1, -0.05) is 78.2 Å². The quantitative estimate of drug-likeness (QED) is 0.228. The Balaban J connectivity index is 1.43. The predicted octanol–water partition coefficient (Wildman–Crippen LogP) is 9.32. The third-order valence-electron chi connectivity index (χ3n) is 6.69. The van der Waals surface area contributed by atoms with Crippen molar-refractivity contribution >= 4 is 55.5 Å². The zero-order valence-corrected chi connectivity index (χ0v) is 20.8. The first-order chi connectivity index (χ1) is 21.3. The van der Waals surface area contributed by atoms with E-state index in [4.69, 9.17) is 37.3 Å². The molecule has 0 aliphatic rings. The lowest BCUT2D eigenvalue weighted by Crippen LogP contribution is -2.00. The highest BCUT2D eigenvalue weighted by Gasteiger charge is 2.18. The summed E-state index contributed by atoms with van der Waals surface area (Å²) in [6.07, 6.45) is 0. The van der Waals surface area contributed by atoms with Gasteiger partial charge in [0.25, 0.3) is 0 Å². The van der Waals surface area contributed by atoms with E-state index in [0.717, 1.165) is 21.5 Å². The molecule has 0 radical (unpaired) electrons. The summed E-state index contributed by atoms with van der Waals surface area (Å²) in [7, 11) is 0. The number of rotatable bonds is 3. The number of halogens is 1. The molecule has 0 saturated carbocycles. The zero-order valence-electron chi connectivity index (χ0n) is 25.0. The number of furan rings is 2. The smallest absolute Gasteiger partial charge is 0.164 e. The van der Waals surface area contributed by atoms with E-state index in [9.17, 15) is 0 Å². The van der Waals surface area contributed by atoms with Crippen LogP contribution < -0.4 is 0 Å². The fraction of sp³-hybridized carbons (Fsp3) is 0. The van der Waals surface area contributed by atoms with Gasteiger partial charge in [0.2, 0.25) is 0 Å². The monoisotopic (exact) mass is 528 g/mol. The number of fused-ring (bicyclic) bond motifs is 6. The van der Waals surface area contributed by atoms with Gasteiger partial charge in [0, 0.05) is 43.3 Å². The van der Waals surface area contributed by atoms with Crippen LogP contribution in [0.2, 0.25) is 5.02 Å². The fourth-order valence-corrected chi connectivity index (χ4v) is 5.12. The van der Waals surface area contributed by atoms with Crippen LogP contribution in [0.15, 0.2) is 118 Å². The molecule has 3 aromatic heterocycles. The lowest BCUT2D eigenvalue weighted by Gasteiger charge is -2.09. The Kier molecular flexibility index (Phi) is 3.82. The lowest BCUT2D eigenvalue weighted by molar-refractivity contribution is 0.668. The minimum absolute atomic E-state index is 0.0525. The first-order valence-electron chi connectivity index (χ1n) is 14.6. The van der Waals surface area contributed by atoms with Gasteiger partial charge in [-0.15, -0.1) is 0 Å². The molecule has 5 aromatic carbocycles. The van der Waals surface area contributed by atoms with E-state index in [2.05, 4.69) is 4.98 Å². The first kappa shape index (κ1) is 17.5. The van der Waals surface area contributed by atoms with E-state index in [1.807, 2.05) is 72.8 Å². The number of para-hydroxylation sites is 1. The van der Waals surface area contributed by atoms with Crippen LogP contribution in [0.5, 0.6) is 0 Å². The summed E-state index contributed by atoms with van der Waals surface area (Å²) in [6.45, 7) is 0. The van der Waals surface area contributed by atoms with Crippen molar-refractivity contribution in [1.29, 1.82) is 0 Å². The molecule has 5 nitrogen and oxygen atoms in total. The van der Waals surface area contributed by atoms with Gasteiger partial charge in [-0.05, 0) is 42.5 Å². The lowest BCUT2D eigenvalue weighted by atomic mass is 10.1. The van der Waals surface area contributed by atoms with Crippen molar-refractivity contribution in [2.45, 2.75) is 0 Å².